The highest BCUT2D eigenvalue weighted by Gasteiger charge is 2.24. The summed E-state index contributed by atoms with van der Waals surface area (Å²) < 4.78 is 26.0. The van der Waals surface area contributed by atoms with Gasteiger partial charge in [0.2, 0.25) is 10.0 Å². The lowest BCUT2D eigenvalue weighted by Crippen LogP contribution is -2.40. The Morgan fingerprint density at radius 3 is 2.53 bits per heavy atom. The molecule has 1 atom stereocenters. The highest BCUT2D eigenvalue weighted by molar-refractivity contribution is 7.89. The van der Waals surface area contributed by atoms with Crippen molar-refractivity contribution in [1.82, 2.24) is 4.72 Å². The van der Waals surface area contributed by atoms with Crippen LogP contribution in [0.15, 0.2) is 35.7 Å². The molecule has 0 radical (unpaired) electrons. The first kappa shape index (κ1) is 16.0. The average Bonchev–Trinajstić information content (AvgIpc) is 2.31. The molecule has 19 heavy (non-hydrogen) atoms. The molecule has 2 N–H and O–H groups in total. The van der Waals surface area contributed by atoms with Crippen molar-refractivity contribution in [3.8, 4) is 0 Å². The zero-order valence-electron chi connectivity index (χ0n) is 9.64. The minimum absolute atomic E-state index is 0.0319. The number of aliphatic carboxylic acids is 1. The van der Waals surface area contributed by atoms with Crippen LogP contribution in [0.1, 0.15) is 6.42 Å². The van der Waals surface area contributed by atoms with Crippen LogP contribution in [0.4, 0.5) is 0 Å². The zero-order valence-corrected chi connectivity index (χ0v) is 12.0. The Kier molecular flexibility index (Phi) is 5.37. The van der Waals surface area contributed by atoms with Crippen molar-refractivity contribution in [2.24, 2.45) is 0 Å². The number of nitrogens with one attached hydrogen (secondary N) is 1. The normalized spacial score (nSPS) is 12.9. The number of sulfonamides is 1. The van der Waals surface area contributed by atoms with Gasteiger partial charge in [-0.05, 0) is 24.6 Å². The fraction of sp³-hybridized carbons (Fsp3) is 0.182. The van der Waals surface area contributed by atoms with Gasteiger partial charge in [-0.2, -0.15) is 4.72 Å². The molecule has 0 amide bonds. The number of carbonyl (C=O) groups is 1. The van der Waals surface area contributed by atoms with Crippen LogP contribution in [-0.2, 0) is 14.8 Å². The molecule has 5 nitrogen and oxygen atoms in total. The maximum atomic E-state index is 12.0. The largest absolute Gasteiger partial charge is 0.480 e. The van der Waals surface area contributed by atoms with E-state index >= 15 is 0 Å². The van der Waals surface area contributed by atoms with E-state index in [1.54, 1.807) is 0 Å². The van der Waals surface area contributed by atoms with Crippen molar-refractivity contribution in [2.75, 3.05) is 0 Å². The molecule has 8 heteroatoms. The molecule has 0 aromatic heterocycles. The number of rotatable bonds is 6. The van der Waals surface area contributed by atoms with E-state index in [4.69, 9.17) is 28.3 Å². The molecule has 0 spiro atoms. The Morgan fingerprint density at radius 2 is 2.05 bits per heavy atom. The predicted octanol–water partition coefficient (Wildman–Crippen LogP) is 2.30. The summed E-state index contributed by atoms with van der Waals surface area (Å²) in [6.07, 6.45) is 1.28. The maximum Gasteiger partial charge on any atom is 0.322 e. The smallest absolute Gasteiger partial charge is 0.322 e. The molecule has 0 aliphatic heterocycles. The first-order valence-corrected chi connectivity index (χ1v) is 7.33. The van der Waals surface area contributed by atoms with Gasteiger partial charge in [-0.25, -0.2) is 8.42 Å². The summed E-state index contributed by atoms with van der Waals surface area (Å²) in [6.45, 7) is 3.37. The Balaban J connectivity index is 3.06. The Bertz CT molecular complexity index is 601. The van der Waals surface area contributed by atoms with Gasteiger partial charge in [0.1, 0.15) is 6.04 Å². The van der Waals surface area contributed by atoms with Crippen molar-refractivity contribution in [1.29, 1.82) is 0 Å². The van der Waals surface area contributed by atoms with E-state index in [1.807, 2.05) is 0 Å². The van der Waals surface area contributed by atoms with Crippen molar-refractivity contribution < 1.29 is 18.3 Å². The van der Waals surface area contributed by atoms with Gasteiger partial charge in [-0.15, -0.1) is 6.58 Å². The fourth-order valence-electron chi connectivity index (χ4n) is 1.27. The van der Waals surface area contributed by atoms with Crippen LogP contribution < -0.4 is 4.72 Å². The van der Waals surface area contributed by atoms with Crippen LogP contribution in [0.3, 0.4) is 0 Å². The van der Waals surface area contributed by atoms with Gasteiger partial charge < -0.3 is 5.11 Å². The molecule has 1 rings (SSSR count). The quantitative estimate of drug-likeness (QED) is 0.787. The molecule has 0 fully saturated rings. The van der Waals surface area contributed by atoms with Crippen molar-refractivity contribution in [3.63, 3.8) is 0 Å². The number of hydrogen-bond acceptors (Lipinski definition) is 3. The SMILES string of the molecule is C=CCC(NS(=O)(=O)c1ccc(Cl)c(Cl)c1)C(=O)O. The molecule has 0 heterocycles. The third-order valence-electron chi connectivity index (χ3n) is 2.20. The standard InChI is InChI=1S/C11H11Cl2NO4S/c1-2-3-10(11(15)16)14-19(17,18)7-4-5-8(12)9(13)6-7/h2,4-6,10,14H,1,3H2,(H,15,16). The van der Waals surface area contributed by atoms with E-state index in [2.05, 4.69) is 11.3 Å². The molecule has 104 valence electrons. The second-order valence-electron chi connectivity index (χ2n) is 3.61. The zero-order chi connectivity index (χ0) is 14.6. The van der Waals surface area contributed by atoms with Gasteiger partial charge in [0.25, 0.3) is 0 Å². The number of carboxylic acids is 1. The molecule has 1 unspecified atom stereocenters. The predicted molar refractivity (Wildman–Crippen MR) is 73.0 cm³/mol. The van der Waals surface area contributed by atoms with E-state index in [0.29, 0.717) is 0 Å². The summed E-state index contributed by atoms with van der Waals surface area (Å²) in [7, 11) is -3.99. The lowest BCUT2D eigenvalue weighted by molar-refractivity contribution is -0.138. The average molecular weight is 324 g/mol. The molecule has 0 saturated carbocycles. The molecule has 0 saturated heterocycles. The number of hydrogen-bond donors (Lipinski definition) is 2. The van der Waals surface area contributed by atoms with Crippen LogP contribution in [0.25, 0.3) is 0 Å². The van der Waals surface area contributed by atoms with Crippen molar-refractivity contribution in [3.05, 3.63) is 40.9 Å². The van der Waals surface area contributed by atoms with E-state index in [0.717, 1.165) is 6.07 Å². The molecular formula is C11H11Cl2NO4S. The summed E-state index contributed by atoms with van der Waals surface area (Å²) in [5.74, 6) is -1.29. The number of halogens is 2. The second-order valence-corrected chi connectivity index (χ2v) is 6.14. The molecule has 0 bridgehead atoms. The molecule has 1 aromatic rings. The van der Waals surface area contributed by atoms with Gasteiger partial charge in [-0.1, -0.05) is 29.3 Å². The first-order chi connectivity index (χ1) is 8.77. The van der Waals surface area contributed by atoms with Crippen LogP contribution in [0.2, 0.25) is 10.0 Å². The van der Waals surface area contributed by atoms with Crippen LogP contribution in [0.5, 0.6) is 0 Å². The van der Waals surface area contributed by atoms with E-state index in [1.165, 1.54) is 18.2 Å². The Morgan fingerprint density at radius 1 is 1.42 bits per heavy atom. The van der Waals surface area contributed by atoms with Gasteiger partial charge in [0, 0.05) is 0 Å². The van der Waals surface area contributed by atoms with Gasteiger partial charge >= 0.3 is 5.97 Å². The lowest BCUT2D eigenvalue weighted by Gasteiger charge is -2.13. The summed E-state index contributed by atoms with van der Waals surface area (Å²) in [6, 6.07) is 2.43. The number of benzene rings is 1. The maximum absolute atomic E-state index is 12.0. The molecule has 0 aliphatic carbocycles. The van der Waals surface area contributed by atoms with E-state index in [9.17, 15) is 13.2 Å². The molecule has 0 aliphatic rings. The monoisotopic (exact) mass is 323 g/mol. The summed E-state index contributed by atoms with van der Waals surface area (Å²) in [5.41, 5.74) is 0. The van der Waals surface area contributed by atoms with Crippen molar-refractivity contribution in [2.45, 2.75) is 17.4 Å². The third-order valence-corrected chi connectivity index (χ3v) is 4.41. The highest BCUT2D eigenvalue weighted by Crippen LogP contribution is 2.24. The first-order valence-electron chi connectivity index (χ1n) is 5.09. The van der Waals surface area contributed by atoms with Gasteiger partial charge in [-0.3, -0.25) is 4.79 Å². The lowest BCUT2D eigenvalue weighted by atomic mass is 10.2. The van der Waals surface area contributed by atoms with E-state index < -0.39 is 22.0 Å². The van der Waals surface area contributed by atoms with Gasteiger partial charge in [0.05, 0.1) is 14.9 Å². The summed E-state index contributed by atoms with van der Waals surface area (Å²) in [5, 5.41) is 9.17. The van der Waals surface area contributed by atoms with Crippen molar-refractivity contribution >= 4 is 39.2 Å². The van der Waals surface area contributed by atoms with Crippen LogP contribution >= 0.6 is 23.2 Å². The number of carboxylic acid groups (broad SMARTS) is 1. The third kappa shape index (κ3) is 4.21. The summed E-state index contributed by atoms with van der Waals surface area (Å²) in [4.78, 5) is 10.7. The summed E-state index contributed by atoms with van der Waals surface area (Å²) >= 11 is 11.4. The minimum atomic E-state index is -3.99. The minimum Gasteiger partial charge on any atom is -0.480 e. The van der Waals surface area contributed by atoms with Crippen LogP contribution in [-0.4, -0.2) is 25.5 Å². The van der Waals surface area contributed by atoms with Crippen LogP contribution in [0, 0.1) is 0 Å². The fourth-order valence-corrected chi connectivity index (χ4v) is 2.86. The molecule has 1 aromatic carbocycles. The topological polar surface area (TPSA) is 83.5 Å². The molecular weight excluding hydrogens is 313 g/mol. The Hall–Kier alpha value is -1.08. The Labute approximate surface area is 120 Å². The highest BCUT2D eigenvalue weighted by atomic mass is 35.5. The second kappa shape index (κ2) is 6.38. The van der Waals surface area contributed by atoms with E-state index in [-0.39, 0.29) is 21.4 Å². The van der Waals surface area contributed by atoms with Gasteiger partial charge in [0.15, 0.2) is 0 Å².